The second kappa shape index (κ2) is 15.6. The van der Waals surface area contributed by atoms with E-state index in [1.165, 1.54) is 0 Å². The van der Waals surface area contributed by atoms with E-state index in [1.54, 1.807) is 0 Å². The van der Waals surface area contributed by atoms with Crippen molar-refractivity contribution in [2.75, 3.05) is 0 Å². The van der Waals surface area contributed by atoms with Crippen molar-refractivity contribution in [2.24, 2.45) is 0 Å². The molecule has 6 nitrogen and oxygen atoms in total. The second-order valence-corrected chi connectivity index (χ2v) is 15.9. The van der Waals surface area contributed by atoms with Crippen molar-refractivity contribution in [1.82, 2.24) is 28.9 Å². The normalized spacial score (nSPS) is 11.4. The smallest absolute Gasteiger partial charge is 0.220 e. The molecule has 3 aromatic heterocycles. The summed E-state index contributed by atoms with van der Waals surface area (Å²) in [6.45, 7) is 0. The average Bonchev–Trinajstić information content (AvgIpc) is 3.91. The van der Waals surface area contributed by atoms with Crippen molar-refractivity contribution in [3.8, 4) is 84.4 Å². The number of rotatable bonds is 8. The quantitative estimate of drug-likeness (QED) is 0.153. The molecule has 0 radical (unpaired) electrons. The molecule has 12 rings (SSSR count). The Morgan fingerprint density at radius 3 is 1.17 bits per heavy atom. The van der Waals surface area contributed by atoms with Crippen LogP contribution in [0.3, 0.4) is 0 Å². The first-order valence-corrected chi connectivity index (χ1v) is 21.5. The molecule has 12 aromatic rings. The fourth-order valence-electron chi connectivity index (χ4n) is 8.89. The fourth-order valence-corrected chi connectivity index (χ4v) is 8.89. The van der Waals surface area contributed by atoms with Crippen molar-refractivity contribution in [2.45, 2.75) is 0 Å². The number of imidazole rings is 2. The predicted molar refractivity (Wildman–Crippen MR) is 261 cm³/mol. The molecule has 64 heavy (non-hydrogen) atoms. The summed E-state index contributed by atoms with van der Waals surface area (Å²) in [5, 5.41) is 0. The highest BCUT2D eigenvalue weighted by Gasteiger charge is 2.23. The van der Waals surface area contributed by atoms with Gasteiger partial charge in [-0.05, 0) is 57.6 Å². The number of hydrogen-bond acceptors (Lipinski definition) is 4. The Bertz CT molecular complexity index is 3500. The van der Waals surface area contributed by atoms with Gasteiger partial charge in [-0.2, -0.15) is 0 Å². The molecule has 0 saturated heterocycles. The van der Waals surface area contributed by atoms with Gasteiger partial charge in [0.15, 0.2) is 17.5 Å². The van der Waals surface area contributed by atoms with Crippen LogP contribution in [0, 0.1) is 0 Å². The van der Waals surface area contributed by atoms with Gasteiger partial charge in [0, 0.05) is 27.8 Å². The summed E-state index contributed by atoms with van der Waals surface area (Å²) in [6.07, 6.45) is 0. The van der Waals surface area contributed by atoms with E-state index >= 15 is 0 Å². The van der Waals surface area contributed by atoms with Gasteiger partial charge in [0.05, 0.1) is 27.8 Å². The van der Waals surface area contributed by atoms with E-state index < -0.39 is 0 Å². The van der Waals surface area contributed by atoms with Gasteiger partial charge in [-0.3, -0.25) is 8.97 Å². The van der Waals surface area contributed by atoms with Crippen LogP contribution >= 0.6 is 0 Å². The Hall–Kier alpha value is -8.74. The average molecular weight is 819 g/mol. The number of fused-ring (bicyclic) bond motifs is 5. The zero-order valence-corrected chi connectivity index (χ0v) is 34.6. The van der Waals surface area contributed by atoms with Gasteiger partial charge in [0.1, 0.15) is 0 Å². The van der Waals surface area contributed by atoms with Crippen LogP contribution in [0.4, 0.5) is 0 Å². The topological polar surface area (TPSA) is 60.9 Å². The van der Waals surface area contributed by atoms with Gasteiger partial charge >= 0.3 is 0 Å². The van der Waals surface area contributed by atoms with Crippen LogP contribution < -0.4 is 0 Å². The Kier molecular flexibility index (Phi) is 9.05. The second-order valence-electron chi connectivity index (χ2n) is 15.9. The van der Waals surface area contributed by atoms with E-state index in [0.717, 1.165) is 94.7 Å². The number of benzene rings is 9. The largest absolute Gasteiger partial charge is 0.277 e. The zero-order chi connectivity index (χ0) is 42.4. The third-order valence-electron chi connectivity index (χ3n) is 12.0. The summed E-state index contributed by atoms with van der Waals surface area (Å²) >= 11 is 0. The minimum Gasteiger partial charge on any atom is -0.277 e. The van der Waals surface area contributed by atoms with Crippen LogP contribution in [0.25, 0.3) is 112 Å². The van der Waals surface area contributed by atoms with Crippen LogP contribution in [0.2, 0.25) is 0 Å². The number of hydrogen-bond donors (Lipinski definition) is 0. The van der Waals surface area contributed by atoms with Crippen molar-refractivity contribution in [3.63, 3.8) is 0 Å². The molecule has 0 aliphatic carbocycles. The highest BCUT2D eigenvalue weighted by Crippen LogP contribution is 2.41. The monoisotopic (exact) mass is 818 g/mol. The first kappa shape index (κ1) is 37.1. The molecule has 0 N–H and O–H groups in total. The third kappa shape index (κ3) is 6.53. The molecule has 3 heterocycles. The molecule has 0 aliphatic rings. The molecule has 0 amide bonds. The van der Waals surface area contributed by atoms with Gasteiger partial charge in [-0.15, -0.1) is 0 Å². The zero-order valence-electron chi connectivity index (χ0n) is 34.6. The first-order chi connectivity index (χ1) is 31.7. The molecule has 300 valence electrons. The van der Waals surface area contributed by atoms with Gasteiger partial charge in [0.25, 0.3) is 0 Å². The summed E-state index contributed by atoms with van der Waals surface area (Å²) in [5.74, 6) is 2.75. The van der Waals surface area contributed by atoms with Crippen LogP contribution in [0.15, 0.2) is 231 Å². The van der Waals surface area contributed by atoms with Crippen LogP contribution in [-0.4, -0.2) is 28.9 Å². The number of para-hydroxylation sites is 1. The van der Waals surface area contributed by atoms with E-state index in [0.29, 0.717) is 17.5 Å². The third-order valence-corrected chi connectivity index (χ3v) is 12.0. The number of aromatic nitrogens is 6. The SMILES string of the molecule is c1ccc(-c2ccc3c(c2)n2c4cc(-c5ccc(-c6nc(-c7ccccc7)nc(-c7ccccc7)n6)cc5)ccc4nc2n3-c2c(-c3ccccc3)cccc2-c2ccccc2)cc1. The Morgan fingerprint density at radius 2 is 0.656 bits per heavy atom. The highest BCUT2D eigenvalue weighted by molar-refractivity contribution is 5.98. The maximum atomic E-state index is 5.46. The Labute approximate surface area is 370 Å². The van der Waals surface area contributed by atoms with Crippen LogP contribution in [0.1, 0.15) is 0 Å². The maximum absolute atomic E-state index is 5.46. The Balaban J connectivity index is 1.04. The molecule has 0 spiro atoms. The molecular weight excluding hydrogens is 781 g/mol. The van der Waals surface area contributed by atoms with Crippen molar-refractivity contribution < 1.29 is 0 Å². The standard InChI is InChI=1S/C58H38N6/c1-6-17-39(18-7-1)47-34-36-51-53(38-47)63-52-37-46(40-29-31-45(32-30-40)57-61-55(43-23-12-4-13-24-43)60-56(62-57)44-25-14-5-15-26-44)33-35-50(52)59-58(63)64(51)54-48(41-19-8-2-9-20-41)27-16-28-49(54)42-21-10-3-11-22-42/h1-38H. The van der Waals surface area contributed by atoms with Crippen LogP contribution in [0.5, 0.6) is 0 Å². The lowest BCUT2D eigenvalue weighted by Gasteiger charge is -2.18. The van der Waals surface area contributed by atoms with Gasteiger partial charge in [0.2, 0.25) is 5.78 Å². The lowest BCUT2D eigenvalue weighted by Crippen LogP contribution is -2.01. The van der Waals surface area contributed by atoms with Crippen LogP contribution in [-0.2, 0) is 0 Å². The van der Waals surface area contributed by atoms with E-state index in [2.05, 4.69) is 179 Å². The molecule has 0 bridgehead atoms. The fraction of sp³-hybridized carbons (Fsp3) is 0. The van der Waals surface area contributed by atoms with E-state index in [-0.39, 0.29) is 0 Å². The van der Waals surface area contributed by atoms with Gasteiger partial charge in [-0.25, -0.2) is 19.9 Å². The van der Waals surface area contributed by atoms with Gasteiger partial charge in [-0.1, -0.05) is 206 Å². The summed E-state index contributed by atoms with van der Waals surface area (Å²) in [6, 6.07) is 80.6. The van der Waals surface area contributed by atoms with Gasteiger partial charge < -0.3 is 0 Å². The summed E-state index contributed by atoms with van der Waals surface area (Å²) in [7, 11) is 0. The summed E-state index contributed by atoms with van der Waals surface area (Å²) in [4.78, 5) is 20.3. The molecule has 6 heteroatoms. The predicted octanol–water partition coefficient (Wildman–Crippen LogP) is 14.3. The molecule has 0 fully saturated rings. The molecular formula is C58H38N6. The molecule has 0 aliphatic heterocycles. The minimum absolute atomic E-state index is 0.625. The van der Waals surface area contributed by atoms with Crippen molar-refractivity contribution in [3.05, 3.63) is 231 Å². The number of nitrogens with zero attached hydrogens (tertiary/aromatic N) is 6. The molecule has 0 saturated carbocycles. The first-order valence-electron chi connectivity index (χ1n) is 21.5. The minimum atomic E-state index is 0.625. The maximum Gasteiger partial charge on any atom is 0.220 e. The Morgan fingerprint density at radius 1 is 0.266 bits per heavy atom. The lowest BCUT2D eigenvalue weighted by molar-refractivity contribution is 1.07. The summed E-state index contributed by atoms with van der Waals surface area (Å²) in [5.41, 5.74) is 17.0. The molecule has 9 aromatic carbocycles. The van der Waals surface area contributed by atoms with Crippen molar-refractivity contribution >= 4 is 27.8 Å². The lowest BCUT2D eigenvalue weighted by atomic mass is 9.95. The summed E-state index contributed by atoms with van der Waals surface area (Å²) < 4.78 is 4.71. The molecule has 0 unspecified atom stereocenters. The highest BCUT2D eigenvalue weighted by atomic mass is 15.2. The van der Waals surface area contributed by atoms with E-state index in [1.807, 2.05) is 60.7 Å². The van der Waals surface area contributed by atoms with E-state index in [9.17, 15) is 0 Å². The van der Waals surface area contributed by atoms with E-state index in [4.69, 9.17) is 19.9 Å². The van der Waals surface area contributed by atoms with Crippen molar-refractivity contribution in [1.29, 1.82) is 0 Å². The molecule has 0 atom stereocenters.